The van der Waals surface area contributed by atoms with Crippen LogP contribution >= 0.6 is 11.6 Å². The largest absolute Gasteiger partial charge is 0.462 e. The molecule has 6 N–H and O–H groups in total. The number of ether oxygens (including phenoxy) is 2. The van der Waals surface area contributed by atoms with Crippen molar-refractivity contribution >= 4 is 17.3 Å². The van der Waals surface area contributed by atoms with E-state index in [9.17, 15) is 28.5 Å². The van der Waals surface area contributed by atoms with Crippen LogP contribution in [0.25, 0.3) is 5.70 Å². The Labute approximate surface area is 180 Å². The molecule has 0 saturated carbocycles. The summed E-state index contributed by atoms with van der Waals surface area (Å²) < 4.78 is 51.0. The summed E-state index contributed by atoms with van der Waals surface area (Å²) in [6.07, 6.45) is -4.15. The van der Waals surface area contributed by atoms with E-state index in [-0.39, 0.29) is 11.3 Å². The first-order valence-electron chi connectivity index (χ1n) is 9.12. The third-order valence-corrected chi connectivity index (χ3v) is 4.95. The van der Waals surface area contributed by atoms with Crippen LogP contribution in [0.15, 0.2) is 42.6 Å². The van der Waals surface area contributed by atoms with Crippen LogP contribution < -0.4 is 15.8 Å². The lowest BCUT2D eigenvalue weighted by Gasteiger charge is -2.42. The van der Waals surface area contributed by atoms with Gasteiger partial charge in [0.1, 0.15) is 24.1 Å². The van der Waals surface area contributed by atoms with E-state index in [0.717, 1.165) is 6.20 Å². The maximum absolute atomic E-state index is 13.4. The first kappa shape index (κ1) is 23.2. The number of hydrogen-bond donors (Lipinski definition) is 5. The van der Waals surface area contributed by atoms with Gasteiger partial charge in [0.2, 0.25) is 6.29 Å². The topological polar surface area (TPSA) is 117 Å². The van der Waals surface area contributed by atoms with Gasteiger partial charge in [-0.05, 0) is 36.4 Å². The molecule has 0 amide bonds. The molecule has 168 valence electrons. The number of aliphatic hydroxyl groups excluding tert-OH is 3. The van der Waals surface area contributed by atoms with E-state index in [1.165, 1.54) is 12.1 Å². The molecule has 0 aromatic heterocycles. The second-order valence-corrected chi connectivity index (χ2v) is 7.26. The van der Waals surface area contributed by atoms with Crippen LogP contribution in [0.3, 0.4) is 0 Å². The Morgan fingerprint density at radius 2 is 1.74 bits per heavy atom. The number of rotatable bonds is 6. The standard InChI is InChI=1S/C20H20ClF3N2O5/c21-10-1-3-11(4-2-10)30-20-19(29)17(18(28)15(8-27)31-20)26-7-14(25)9-5-12(22)16(24)13(23)6-9/h1-7,15,17-20,26-29H,8,25H2/b14-7-. The molecule has 1 saturated heterocycles. The molecule has 11 heteroatoms. The Morgan fingerprint density at radius 1 is 1.13 bits per heavy atom. The highest BCUT2D eigenvalue weighted by Crippen LogP contribution is 2.26. The molecular formula is C20H20ClF3N2O5. The summed E-state index contributed by atoms with van der Waals surface area (Å²) in [5.74, 6) is -4.16. The minimum atomic E-state index is -1.63. The van der Waals surface area contributed by atoms with Gasteiger partial charge in [0.25, 0.3) is 0 Å². The molecule has 7 nitrogen and oxygen atoms in total. The van der Waals surface area contributed by atoms with Crippen LogP contribution in [-0.2, 0) is 4.74 Å². The number of halogens is 4. The van der Waals surface area contributed by atoms with E-state index >= 15 is 0 Å². The van der Waals surface area contributed by atoms with Gasteiger partial charge in [0.05, 0.1) is 18.3 Å². The van der Waals surface area contributed by atoms with Crippen molar-refractivity contribution in [1.29, 1.82) is 0 Å². The second kappa shape index (κ2) is 9.75. The van der Waals surface area contributed by atoms with E-state index in [4.69, 9.17) is 26.8 Å². The van der Waals surface area contributed by atoms with Crippen molar-refractivity contribution in [3.05, 3.63) is 70.6 Å². The monoisotopic (exact) mass is 460 g/mol. The van der Waals surface area contributed by atoms with Gasteiger partial charge in [0, 0.05) is 16.8 Å². The molecule has 3 rings (SSSR count). The molecule has 0 bridgehead atoms. The number of hydrogen-bond acceptors (Lipinski definition) is 7. The first-order chi connectivity index (χ1) is 14.7. The Balaban J connectivity index is 1.79. The maximum Gasteiger partial charge on any atom is 0.228 e. The molecule has 0 aliphatic carbocycles. The Kier molecular flexibility index (Phi) is 7.29. The lowest BCUT2D eigenvalue weighted by Crippen LogP contribution is -2.64. The van der Waals surface area contributed by atoms with Gasteiger partial charge in [0.15, 0.2) is 17.5 Å². The fraction of sp³-hybridized carbons (Fsp3) is 0.300. The molecule has 31 heavy (non-hydrogen) atoms. The highest BCUT2D eigenvalue weighted by Gasteiger charge is 2.45. The molecule has 2 aromatic rings. The predicted molar refractivity (Wildman–Crippen MR) is 105 cm³/mol. The molecule has 5 unspecified atom stereocenters. The lowest BCUT2D eigenvalue weighted by molar-refractivity contribution is -0.250. The molecule has 5 atom stereocenters. The van der Waals surface area contributed by atoms with Crippen molar-refractivity contribution in [2.75, 3.05) is 6.61 Å². The Morgan fingerprint density at radius 3 is 2.32 bits per heavy atom. The van der Waals surface area contributed by atoms with Crippen LogP contribution in [0.2, 0.25) is 5.02 Å². The lowest BCUT2D eigenvalue weighted by atomic mass is 9.96. The van der Waals surface area contributed by atoms with E-state index in [1.807, 2.05) is 0 Å². The fourth-order valence-electron chi connectivity index (χ4n) is 3.02. The van der Waals surface area contributed by atoms with E-state index in [1.54, 1.807) is 12.1 Å². The van der Waals surface area contributed by atoms with Gasteiger partial charge in [-0.1, -0.05) is 11.6 Å². The molecule has 1 heterocycles. The highest BCUT2D eigenvalue weighted by atomic mass is 35.5. The maximum atomic E-state index is 13.4. The SMILES string of the molecule is N/C(=C\NC1C(O)C(CO)OC(Oc2ccc(Cl)cc2)C1O)c1cc(F)c(F)c(F)c1. The van der Waals surface area contributed by atoms with Crippen molar-refractivity contribution < 1.29 is 38.0 Å². The van der Waals surface area contributed by atoms with Gasteiger partial charge >= 0.3 is 0 Å². The number of nitrogens with two attached hydrogens (primary N) is 1. The third kappa shape index (κ3) is 5.23. The zero-order valence-electron chi connectivity index (χ0n) is 15.9. The number of aliphatic hydroxyl groups is 3. The predicted octanol–water partition coefficient (Wildman–Crippen LogP) is 1.49. The molecule has 1 fully saturated rings. The molecule has 1 aliphatic rings. The zero-order chi connectivity index (χ0) is 22.7. The van der Waals surface area contributed by atoms with Crippen molar-refractivity contribution in [2.45, 2.75) is 30.6 Å². The minimum Gasteiger partial charge on any atom is -0.462 e. The van der Waals surface area contributed by atoms with Crippen molar-refractivity contribution in [1.82, 2.24) is 5.32 Å². The van der Waals surface area contributed by atoms with Crippen LogP contribution in [-0.4, -0.2) is 52.6 Å². The summed E-state index contributed by atoms with van der Waals surface area (Å²) in [5.41, 5.74) is 5.43. The molecule has 0 radical (unpaired) electrons. The average molecular weight is 461 g/mol. The van der Waals surface area contributed by atoms with Crippen LogP contribution in [0.5, 0.6) is 5.75 Å². The van der Waals surface area contributed by atoms with Gasteiger partial charge in [-0.15, -0.1) is 0 Å². The van der Waals surface area contributed by atoms with Crippen molar-refractivity contribution in [2.24, 2.45) is 5.73 Å². The summed E-state index contributed by atoms with van der Waals surface area (Å²) in [4.78, 5) is 0. The molecule has 0 spiro atoms. The number of benzene rings is 2. The summed E-state index contributed by atoms with van der Waals surface area (Å²) >= 11 is 5.82. The summed E-state index contributed by atoms with van der Waals surface area (Å²) in [7, 11) is 0. The summed E-state index contributed by atoms with van der Waals surface area (Å²) in [5, 5.41) is 33.6. The minimum absolute atomic E-state index is 0.160. The Bertz CT molecular complexity index is 924. The highest BCUT2D eigenvalue weighted by molar-refractivity contribution is 6.30. The molecule has 1 aliphatic heterocycles. The van der Waals surface area contributed by atoms with E-state index in [0.29, 0.717) is 22.9 Å². The van der Waals surface area contributed by atoms with Crippen molar-refractivity contribution in [3.8, 4) is 5.75 Å². The quantitative estimate of drug-likeness (QED) is 0.415. The van der Waals surface area contributed by atoms with Gasteiger partial charge in [-0.25, -0.2) is 13.2 Å². The van der Waals surface area contributed by atoms with Gasteiger partial charge in [-0.2, -0.15) is 0 Å². The number of nitrogens with one attached hydrogen (secondary N) is 1. The normalized spacial score (nSPS) is 26.5. The van der Waals surface area contributed by atoms with E-state index < -0.39 is 54.7 Å². The van der Waals surface area contributed by atoms with Crippen LogP contribution in [0, 0.1) is 17.5 Å². The van der Waals surface area contributed by atoms with Gasteiger partial charge < -0.3 is 35.8 Å². The zero-order valence-corrected chi connectivity index (χ0v) is 16.6. The van der Waals surface area contributed by atoms with Crippen molar-refractivity contribution in [3.63, 3.8) is 0 Å². The molecular weight excluding hydrogens is 441 g/mol. The van der Waals surface area contributed by atoms with Crippen LogP contribution in [0.4, 0.5) is 13.2 Å². The Hall–Kier alpha value is -2.50. The fourth-order valence-corrected chi connectivity index (χ4v) is 3.15. The van der Waals surface area contributed by atoms with Crippen LogP contribution in [0.1, 0.15) is 5.56 Å². The second-order valence-electron chi connectivity index (χ2n) is 6.82. The average Bonchev–Trinajstić information content (AvgIpc) is 2.74. The van der Waals surface area contributed by atoms with Gasteiger partial charge in [-0.3, -0.25) is 0 Å². The van der Waals surface area contributed by atoms with E-state index in [2.05, 4.69) is 5.32 Å². The molecule has 2 aromatic carbocycles. The summed E-state index contributed by atoms with van der Waals surface area (Å²) in [6, 6.07) is 6.45. The smallest absolute Gasteiger partial charge is 0.228 e. The first-order valence-corrected chi connectivity index (χ1v) is 9.50. The summed E-state index contributed by atoms with van der Waals surface area (Å²) in [6.45, 7) is -0.583. The third-order valence-electron chi connectivity index (χ3n) is 4.70.